The minimum absolute atomic E-state index is 0.0785. The van der Waals surface area contributed by atoms with Crippen molar-refractivity contribution in [1.82, 2.24) is 15.1 Å². The highest BCUT2D eigenvalue weighted by Crippen LogP contribution is 2.30. The summed E-state index contributed by atoms with van der Waals surface area (Å²) in [6.07, 6.45) is 1.31. The average Bonchev–Trinajstić information content (AvgIpc) is 2.94. The molecule has 1 aromatic carbocycles. The molecule has 2 aliphatic heterocycles. The van der Waals surface area contributed by atoms with Gasteiger partial charge in [-0.25, -0.2) is 13.8 Å². The largest absolute Gasteiger partial charge is 0.349 e. The highest BCUT2D eigenvalue weighted by molar-refractivity contribution is 6.07. The van der Waals surface area contributed by atoms with Crippen molar-refractivity contribution in [3.8, 4) is 0 Å². The fourth-order valence-electron chi connectivity index (χ4n) is 3.26. The second-order valence-electron chi connectivity index (χ2n) is 7.08. The Morgan fingerprint density at radius 3 is 2.67 bits per heavy atom. The molecule has 0 saturated carbocycles. The molecular weight excluding hydrogens is 356 g/mol. The Labute approximate surface area is 156 Å². The van der Waals surface area contributed by atoms with Gasteiger partial charge < -0.3 is 15.1 Å². The third kappa shape index (κ3) is 4.24. The maximum Gasteiger partial charge on any atom is 0.254 e. The molecule has 7 nitrogen and oxygen atoms in total. The first-order chi connectivity index (χ1) is 12.8. The number of nitrogens with one attached hydrogen (secondary N) is 2. The maximum absolute atomic E-state index is 13.6. The third-order valence-electron chi connectivity index (χ3n) is 4.93. The lowest BCUT2D eigenvalue weighted by molar-refractivity contribution is -0.125. The van der Waals surface area contributed by atoms with E-state index in [1.165, 1.54) is 0 Å². The number of benzene rings is 1. The van der Waals surface area contributed by atoms with Gasteiger partial charge in [0.1, 0.15) is 17.2 Å². The lowest BCUT2D eigenvalue weighted by Gasteiger charge is -2.35. The summed E-state index contributed by atoms with van der Waals surface area (Å²) >= 11 is 0. The van der Waals surface area contributed by atoms with Gasteiger partial charge in [0.05, 0.1) is 5.69 Å². The molecule has 0 atom stereocenters. The molecule has 0 aromatic heterocycles. The Morgan fingerprint density at radius 2 is 2.04 bits per heavy atom. The Kier molecular flexibility index (Phi) is 5.41. The maximum atomic E-state index is 13.6. The van der Waals surface area contributed by atoms with Crippen LogP contribution in [0.3, 0.4) is 0 Å². The van der Waals surface area contributed by atoms with Crippen LogP contribution in [0.5, 0.6) is 0 Å². The summed E-state index contributed by atoms with van der Waals surface area (Å²) in [7, 11) is 3.65. The van der Waals surface area contributed by atoms with Gasteiger partial charge in [-0.1, -0.05) is 0 Å². The molecule has 2 aliphatic rings. The van der Waals surface area contributed by atoms with Crippen LogP contribution in [0.1, 0.15) is 19.3 Å². The molecule has 9 heteroatoms. The highest BCUT2D eigenvalue weighted by Gasteiger charge is 2.46. The molecule has 0 bridgehead atoms. The van der Waals surface area contributed by atoms with E-state index in [0.717, 1.165) is 18.2 Å². The predicted molar refractivity (Wildman–Crippen MR) is 97.3 cm³/mol. The molecule has 2 amide bonds. The van der Waals surface area contributed by atoms with Gasteiger partial charge in [-0.15, -0.1) is 0 Å². The van der Waals surface area contributed by atoms with Crippen LogP contribution in [-0.4, -0.2) is 66.8 Å². The van der Waals surface area contributed by atoms with E-state index < -0.39 is 17.2 Å². The Morgan fingerprint density at radius 1 is 1.33 bits per heavy atom. The first-order valence-electron chi connectivity index (χ1n) is 8.85. The number of carbonyl (C=O) groups excluding carboxylic acids is 2. The van der Waals surface area contributed by atoms with E-state index in [0.29, 0.717) is 38.4 Å². The molecule has 1 fully saturated rings. The molecule has 0 aliphatic carbocycles. The number of likely N-dealkylation sites (tertiary alicyclic amines) is 1. The zero-order valence-electron chi connectivity index (χ0n) is 15.4. The molecule has 27 heavy (non-hydrogen) atoms. The van der Waals surface area contributed by atoms with Gasteiger partial charge in [0.25, 0.3) is 5.91 Å². The van der Waals surface area contributed by atoms with Crippen LogP contribution in [0.25, 0.3) is 0 Å². The monoisotopic (exact) mass is 379 g/mol. The molecule has 1 spiro atoms. The number of aliphatic imine (C=N–C) groups is 1. The molecule has 2 heterocycles. The molecule has 1 aromatic rings. The standard InChI is InChI=1S/C18H23F2N5O2/c1-24(2)17-22-16(27)18(23-17)6-9-25(10-7-18)8-5-15(26)21-14-11-12(19)3-4-13(14)20/h3-4,11H,5-10H2,1-2H3,(H,21,26)(H,22,23,27). The first-order valence-corrected chi connectivity index (χ1v) is 8.85. The zero-order chi connectivity index (χ0) is 19.6. The summed E-state index contributed by atoms with van der Waals surface area (Å²) in [5.74, 6) is -1.17. The van der Waals surface area contributed by atoms with E-state index in [2.05, 4.69) is 20.5 Å². The van der Waals surface area contributed by atoms with Crippen molar-refractivity contribution in [2.45, 2.75) is 24.8 Å². The van der Waals surface area contributed by atoms with Crippen LogP contribution < -0.4 is 10.6 Å². The van der Waals surface area contributed by atoms with Crippen LogP contribution in [0.2, 0.25) is 0 Å². The smallest absolute Gasteiger partial charge is 0.254 e. The summed E-state index contributed by atoms with van der Waals surface area (Å²) in [5.41, 5.74) is -0.881. The second kappa shape index (κ2) is 7.59. The Hall–Kier alpha value is -2.55. The van der Waals surface area contributed by atoms with E-state index in [-0.39, 0.29) is 23.9 Å². The minimum atomic E-state index is -0.719. The number of piperidine rings is 1. The average molecular weight is 379 g/mol. The molecule has 146 valence electrons. The number of amides is 2. The fraction of sp³-hybridized carbons (Fsp3) is 0.500. The summed E-state index contributed by atoms with van der Waals surface area (Å²) in [6, 6.07) is 2.93. The van der Waals surface area contributed by atoms with Crippen molar-refractivity contribution in [2.24, 2.45) is 4.99 Å². The summed E-state index contributed by atoms with van der Waals surface area (Å²) < 4.78 is 26.7. The van der Waals surface area contributed by atoms with E-state index in [1.807, 2.05) is 14.1 Å². The summed E-state index contributed by atoms with van der Waals surface area (Å²) in [5, 5.41) is 5.20. The number of hydrogen-bond donors (Lipinski definition) is 2. The number of nitrogens with zero attached hydrogens (tertiary/aromatic N) is 3. The molecule has 3 rings (SSSR count). The topological polar surface area (TPSA) is 77.0 Å². The Balaban J connectivity index is 1.49. The van der Waals surface area contributed by atoms with E-state index in [1.54, 1.807) is 4.90 Å². The predicted octanol–water partition coefficient (Wildman–Crippen LogP) is 1.18. The van der Waals surface area contributed by atoms with Crippen molar-refractivity contribution in [3.05, 3.63) is 29.8 Å². The van der Waals surface area contributed by atoms with Crippen LogP contribution >= 0.6 is 0 Å². The van der Waals surface area contributed by atoms with Crippen LogP contribution in [0.15, 0.2) is 23.2 Å². The van der Waals surface area contributed by atoms with Gasteiger partial charge in [0.15, 0.2) is 0 Å². The van der Waals surface area contributed by atoms with Gasteiger partial charge in [0.2, 0.25) is 11.9 Å². The normalized spacial score (nSPS) is 19.0. The molecule has 0 radical (unpaired) electrons. The Bertz CT molecular complexity index is 773. The molecular formula is C18H23F2N5O2. The van der Waals surface area contributed by atoms with Gasteiger partial charge in [-0.3, -0.25) is 14.9 Å². The molecule has 0 unspecified atom stereocenters. The fourth-order valence-corrected chi connectivity index (χ4v) is 3.26. The van der Waals surface area contributed by atoms with Crippen molar-refractivity contribution in [2.75, 3.05) is 39.0 Å². The lowest BCUT2D eigenvalue weighted by atomic mass is 9.88. The van der Waals surface area contributed by atoms with Crippen LogP contribution in [0.4, 0.5) is 14.5 Å². The van der Waals surface area contributed by atoms with Crippen molar-refractivity contribution >= 4 is 23.5 Å². The van der Waals surface area contributed by atoms with Crippen molar-refractivity contribution in [1.29, 1.82) is 0 Å². The zero-order valence-corrected chi connectivity index (χ0v) is 15.4. The molecule has 2 N–H and O–H groups in total. The van der Waals surface area contributed by atoms with Gasteiger partial charge in [-0.05, 0) is 25.0 Å². The number of carbonyl (C=O) groups is 2. The number of halogens is 2. The van der Waals surface area contributed by atoms with Gasteiger partial charge in [0, 0.05) is 46.2 Å². The van der Waals surface area contributed by atoms with E-state index in [9.17, 15) is 18.4 Å². The third-order valence-corrected chi connectivity index (χ3v) is 4.93. The van der Waals surface area contributed by atoms with E-state index in [4.69, 9.17) is 0 Å². The highest BCUT2D eigenvalue weighted by atomic mass is 19.1. The summed E-state index contributed by atoms with van der Waals surface area (Å²) in [4.78, 5) is 32.7. The minimum Gasteiger partial charge on any atom is -0.349 e. The SMILES string of the molecule is CN(C)C1=NC2(CCN(CCC(=O)Nc3cc(F)ccc3F)CC2)C(=O)N1. The number of hydrogen-bond acceptors (Lipinski definition) is 5. The molecule has 1 saturated heterocycles. The first kappa shape index (κ1) is 19.2. The lowest BCUT2D eigenvalue weighted by Crippen LogP contribution is -2.49. The number of guanidine groups is 1. The van der Waals surface area contributed by atoms with Gasteiger partial charge >= 0.3 is 0 Å². The second-order valence-corrected chi connectivity index (χ2v) is 7.08. The number of anilines is 1. The van der Waals surface area contributed by atoms with Crippen molar-refractivity contribution in [3.63, 3.8) is 0 Å². The van der Waals surface area contributed by atoms with Crippen molar-refractivity contribution < 1.29 is 18.4 Å². The van der Waals surface area contributed by atoms with Crippen LogP contribution in [0, 0.1) is 11.6 Å². The quantitative estimate of drug-likeness (QED) is 0.824. The summed E-state index contributed by atoms with van der Waals surface area (Å²) in [6.45, 7) is 1.75. The van der Waals surface area contributed by atoms with Gasteiger partial charge in [-0.2, -0.15) is 0 Å². The number of rotatable bonds is 4. The van der Waals surface area contributed by atoms with Crippen LogP contribution in [-0.2, 0) is 9.59 Å². The van der Waals surface area contributed by atoms with E-state index >= 15 is 0 Å².